The Morgan fingerprint density at radius 1 is 1.20 bits per heavy atom. The summed E-state index contributed by atoms with van der Waals surface area (Å²) in [7, 11) is 1.42. The van der Waals surface area contributed by atoms with Gasteiger partial charge in [-0.15, -0.1) is 22.7 Å². The van der Waals surface area contributed by atoms with Gasteiger partial charge in [-0.3, -0.25) is 4.79 Å². The molecule has 2 aromatic heterocycles. The molecule has 0 saturated heterocycles. The number of hydrogen-bond acceptors (Lipinski definition) is 5. The van der Waals surface area contributed by atoms with E-state index in [0.717, 1.165) is 24.4 Å². The number of methoxy groups -OCH3 is 1. The lowest BCUT2D eigenvalue weighted by atomic mass is 10.3. The minimum Gasteiger partial charge on any atom is -0.469 e. The SMILES string of the molecule is COC(=O)Cc1ccc(CNCCc2ccc(Br)s2)s1. The van der Waals surface area contributed by atoms with Crippen molar-refractivity contribution in [3.05, 3.63) is 42.7 Å². The number of thiophene rings is 2. The molecule has 2 aromatic rings. The Hall–Kier alpha value is -0.690. The van der Waals surface area contributed by atoms with Crippen molar-refractivity contribution in [1.82, 2.24) is 5.32 Å². The van der Waals surface area contributed by atoms with Crippen molar-refractivity contribution >= 4 is 44.6 Å². The first-order valence-electron chi connectivity index (χ1n) is 6.26. The average Bonchev–Trinajstić information content (AvgIpc) is 3.04. The van der Waals surface area contributed by atoms with Crippen LogP contribution >= 0.6 is 38.6 Å². The molecule has 0 radical (unpaired) electrons. The van der Waals surface area contributed by atoms with Crippen molar-refractivity contribution in [2.75, 3.05) is 13.7 Å². The Morgan fingerprint density at radius 2 is 1.95 bits per heavy atom. The minimum atomic E-state index is -0.186. The number of ether oxygens (including phenoxy) is 1. The van der Waals surface area contributed by atoms with E-state index in [1.807, 2.05) is 6.07 Å². The highest BCUT2D eigenvalue weighted by molar-refractivity contribution is 9.11. The van der Waals surface area contributed by atoms with E-state index in [2.05, 4.69) is 44.2 Å². The summed E-state index contributed by atoms with van der Waals surface area (Å²) in [6.45, 7) is 1.80. The van der Waals surface area contributed by atoms with E-state index in [1.165, 1.54) is 20.7 Å². The van der Waals surface area contributed by atoms with E-state index in [0.29, 0.717) is 6.42 Å². The molecule has 108 valence electrons. The largest absolute Gasteiger partial charge is 0.469 e. The van der Waals surface area contributed by atoms with Gasteiger partial charge in [-0.2, -0.15) is 0 Å². The fourth-order valence-electron chi connectivity index (χ4n) is 1.74. The molecule has 0 aromatic carbocycles. The Balaban J connectivity index is 1.70. The van der Waals surface area contributed by atoms with Crippen molar-refractivity contribution in [3.8, 4) is 0 Å². The third-order valence-corrected chi connectivity index (χ3v) is 5.51. The van der Waals surface area contributed by atoms with Gasteiger partial charge in [0.1, 0.15) is 0 Å². The number of esters is 1. The zero-order valence-corrected chi connectivity index (χ0v) is 14.4. The summed E-state index contributed by atoms with van der Waals surface area (Å²) in [5, 5.41) is 3.43. The molecular formula is C14H16BrNO2S2. The van der Waals surface area contributed by atoms with E-state index in [1.54, 1.807) is 22.7 Å². The molecule has 0 aliphatic heterocycles. The predicted molar refractivity (Wildman–Crippen MR) is 87.5 cm³/mol. The van der Waals surface area contributed by atoms with E-state index < -0.39 is 0 Å². The van der Waals surface area contributed by atoms with Crippen LogP contribution < -0.4 is 5.32 Å². The van der Waals surface area contributed by atoms with Gasteiger partial charge in [0.05, 0.1) is 17.3 Å². The molecule has 0 aliphatic carbocycles. The lowest BCUT2D eigenvalue weighted by Crippen LogP contribution is -2.15. The lowest BCUT2D eigenvalue weighted by molar-refractivity contribution is -0.139. The van der Waals surface area contributed by atoms with E-state index >= 15 is 0 Å². The molecule has 0 unspecified atom stereocenters. The Kier molecular flexibility index (Phi) is 6.22. The van der Waals surface area contributed by atoms with Crippen molar-refractivity contribution in [1.29, 1.82) is 0 Å². The summed E-state index contributed by atoms with van der Waals surface area (Å²) >= 11 is 6.90. The minimum absolute atomic E-state index is 0.186. The van der Waals surface area contributed by atoms with Crippen LogP contribution in [-0.2, 0) is 28.9 Å². The molecule has 3 nitrogen and oxygen atoms in total. The number of halogens is 1. The van der Waals surface area contributed by atoms with Gasteiger partial charge in [0.2, 0.25) is 0 Å². The summed E-state index contributed by atoms with van der Waals surface area (Å²) in [6.07, 6.45) is 1.40. The van der Waals surface area contributed by atoms with Gasteiger partial charge in [0.25, 0.3) is 0 Å². The maximum Gasteiger partial charge on any atom is 0.310 e. The first-order valence-corrected chi connectivity index (χ1v) is 8.69. The second-order valence-corrected chi connectivity index (χ2v) is 8.05. The van der Waals surface area contributed by atoms with Gasteiger partial charge in [0.15, 0.2) is 0 Å². The molecule has 20 heavy (non-hydrogen) atoms. The third-order valence-electron chi connectivity index (χ3n) is 2.74. The molecule has 0 aliphatic rings. The smallest absolute Gasteiger partial charge is 0.310 e. The maximum absolute atomic E-state index is 11.2. The predicted octanol–water partition coefficient (Wildman–Crippen LogP) is 3.62. The number of carbonyl (C=O) groups excluding carboxylic acids is 1. The van der Waals surface area contributed by atoms with Crippen LogP contribution in [0.25, 0.3) is 0 Å². The molecule has 6 heteroatoms. The highest BCUT2D eigenvalue weighted by Gasteiger charge is 2.06. The third kappa shape index (κ3) is 5.01. The van der Waals surface area contributed by atoms with Crippen molar-refractivity contribution < 1.29 is 9.53 Å². The van der Waals surface area contributed by atoms with Crippen LogP contribution in [0.3, 0.4) is 0 Å². The molecule has 0 saturated carbocycles. The van der Waals surface area contributed by atoms with Gasteiger partial charge in [-0.05, 0) is 46.6 Å². The number of carbonyl (C=O) groups is 1. The van der Waals surface area contributed by atoms with Crippen LogP contribution in [0.5, 0.6) is 0 Å². The normalized spacial score (nSPS) is 10.7. The van der Waals surface area contributed by atoms with Crippen molar-refractivity contribution in [3.63, 3.8) is 0 Å². The van der Waals surface area contributed by atoms with Gasteiger partial charge in [-0.25, -0.2) is 0 Å². The van der Waals surface area contributed by atoms with E-state index in [4.69, 9.17) is 0 Å². The second-order valence-electron chi connectivity index (χ2n) is 4.25. The highest BCUT2D eigenvalue weighted by Crippen LogP contribution is 2.22. The fraction of sp³-hybridized carbons (Fsp3) is 0.357. The van der Waals surface area contributed by atoms with E-state index in [-0.39, 0.29) is 5.97 Å². The van der Waals surface area contributed by atoms with Crippen LogP contribution in [0, 0.1) is 0 Å². The summed E-state index contributed by atoms with van der Waals surface area (Å²) in [5.74, 6) is -0.186. The summed E-state index contributed by atoms with van der Waals surface area (Å²) in [4.78, 5) is 14.9. The number of nitrogens with one attached hydrogen (secondary N) is 1. The van der Waals surface area contributed by atoms with Gasteiger partial charge in [-0.1, -0.05) is 0 Å². The molecule has 0 fully saturated rings. The van der Waals surface area contributed by atoms with Crippen molar-refractivity contribution in [2.45, 2.75) is 19.4 Å². The molecular weight excluding hydrogens is 358 g/mol. The first-order chi connectivity index (χ1) is 9.67. The average molecular weight is 374 g/mol. The van der Waals surface area contributed by atoms with E-state index in [9.17, 15) is 4.79 Å². The first kappa shape index (κ1) is 15.7. The quantitative estimate of drug-likeness (QED) is 0.594. The standard InChI is InChI=1S/C14H16BrNO2S2/c1-18-14(17)8-11-2-3-12(19-11)9-16-7-6-10-4-5-13(15)20-10/h2-5,16H,6-9H2,1H3. The Bertz CT molecular complexity index is 565. The zero-order valence-electron chi connectivity index (χ0n) is 11.1. The number of hydrogen-bond donors (Lipinski definition) is 1. The van der Waals surface area contributed by atoms with Crippen LogP contribution in [-0.4, -0.2) is 19.6 Å². The molecule has 0 bridgehead atoms. The van der Waals surface area contributed by atoms with Gasteiger partial charge < -0.3 is 10.1 Å². The number of rotatable bonds is 7. The molecule has 0 atom stereocenters. The van der Waals surface area contributed by atoms with Crippen LogP contribution in [0.1, 0.15) is 14.6 Å². The summed E-state index contributed by atoms with van der Waals surface area (Å²) in [6, 6.07) is 8.29. The van der Waals surface area contributed by atoms with Crippen LogP contribution in [0.4, 0.5) is 0 Å². The van der Waals surface area contributed by atoms with Crippen LogP contribution in [0.2, 0.25) is 0 Å². The molecule has 2 rings (SSSR count). The molecule has 0 spiro atoms. The summed E-state index contributed by atoms with van der Waals surface area (Å²) < 4.78 is 5.84. The Morgan fingerprint density at radius 3 is 2.65 bits per heavy atom. The maximum atomic E-state index is 11.2. The van der Waals surface area contributed by atoms with Gasteiger partial charge in [0, 0.05) is 27.7 Å². The molecule has 0 amide bonds. The topological polar surface area (TPSA) is 38.3 Å². The monoisotopic (exact) mass is 373 g/mol. The highest BCUT2D eigenvalue weighted by atomic mass is 79.9. The van der Waals surface area contributed by atoms with Crippen LogP contribution in [0.15, 0.2) is 28.1 Å². The fourth-order valence-corrected chi connectivity index (χ4v) is 4.19. The lowest BCUT2D eigenvalue weighted by Gasteiger charge is -2.01. The van der Waals surface area contributed by atoms with Crippen molar-refractivity contribution in [2.24, 2.45) is 0 Å². The molecule has 1 N–H and O–H groups in total. The summed E-state index contributed by atoms with van der Waals surface area (Å²) in [5.41, 5.74) is 0. The van der Waals surface area contributed by atoms with Gasteiger partial charge >= 0.3 is 5.97 Å². The Labute approximate surface area is 135 Å². The zero-order chi connectivity index (χ0) is 14.4. The second kappa shape index (κ2) is 7.93. The molecule has 2 heterocycles.